The minimum atomic E-state index is -0.669. The summed E-state index contributed by atoms with van der Waals surface area (Å²) in [4.78, 5) is 46.6. The Balaban J connectivity index is 1.65. The number of aromatic amines is 2. The number of unbranched alkanes of at least 4 members (excludes halogenated alkanes) is 1. The molecule has 0 unspecified atom stereocenters. The van der Waals surface area contributed by atoms with Gasteiger partial charge in [-0.3, -0.25) is 23.5 Å². The van der Waals surface area contributed by atoms with Crippen LogP contribution < -0.4 is 21.9 Å². The number of nitrogens with zero attached hydrogens (tertiary/aromatic N) is 5. The van der Waals surface area contributed by atoms with Gasteiger partial charge in [0.25, 0.3) is 5.56 Å². The molecule has 0 aliphatic heterocycles. The average Bonchev–Trinajstić information content (AvgIpc) is 3.35. The molecule has 0 aliphatic carbocycles. The van der Waals surface area contributed by atoms with Gasteiger partial charge in [-0.05, 0) is 24.5 Å². The first kappa shape index (κ1) is 23.6. The fourth-order valence-electron chi connectivity index (χ4n) is 3.80. The zero-order chi connectivity index (χ0) is 24.4. The van der Waals surface area contributed by atoms with Crippen LogP contribution in [-0.2, 0) is 11.3 Å². The Hall–Kier alpha value is -3.54. The van der Waals surface area contributed by atoms with Crippen LogP contribution in [0.5, 0.6) is 0 Å². The highest BCUT2D eigenvalue weighted by Gasteiger charge is 2.25. The van der Waals surface area contributed by atoms with Crippen molar-refractivity contribution >= 4 is 46.0 Å². The van der Waals surface area contributed by atoms with Crippen molar-refractivity contribution in [1.82, 2.24) is 29.1 Å². The lowest BCUT2D eigenvalue weighted by atomic mass is 10.2. The third kappa shape index (κ3) is 4.45. The molecule has 180 valence electrons. The van der Waals surface area contributed by atoms with Gasteiger partial charge in [-0.2, -0.15) is 0 Å². The van der Waals surface area contributed by atoms with Crippen LogP contribution >= 0.6 is 11.8 Å². The monoisotopic (exact) mass is 484 g/mol. The largest absolute Gasteiger partial charge is 0.383 e. The fourth-order valence-corrected chi connectivity index (χ4v) is 4.64. The quantitative estimate of drug-likeness (QED) is 0.309. The zero-order valence-corrected chi connectivity index (χ0v) is 20.2. The topological polar surface area (TPSA) is 147 Å². The second kappa shape index (κ2) is 9.75. The lowest BCUT2D eigenvalue weighted by Gasteiger charge is -2.26. The lowest BCUT2D eigenvalue weighted by Crippen LogP contribution is -2.43. The number of carbonyl (C=O) groups is 1. The van der Waals surface area contributed by atoms with Crippen LogP contribution in [0.1, 0.15) is 33.6 Å². The number of para-hydroxylation sites is 2. The van der Waals surface area contributed by atoms with Crippen LogP contribution in [0.3, 0.4) is 0 Å². The first-order chi connectivity index (χ1) is 16.3. The smallest absolute Gasteiger partial charge is 0.330 e. The van der Waals surface area contributed by atoms with Crippen LogP contribution in [0.15, 0.2) is 39.0 Å². The molecule has 3 heterocycles. The highest BCUT2D eigenvalue weighted by molar-refractivity contribution is 7.99. The Kier molecular flexibility index (Phi) is 6.77. The summed E-state index contributed by atoms with van der Waals surface area (Å²) in [6.45, 7) is 6.53. The molecule has 4 aromatic rings. The summed E-state index contributed by atoms with van der Waals surface area (Å²) in [5, 5.41) is 7.76. The second-order valence-corrected chi connectivity index (χ2v) is 9.39. The summed E-state index contributed by atoms with van der Waals surface area (Å²) in [5.74, 6) is 0.366. The van der Waals surface area contributed by atoms with Gasteiger partial charge in [0, 0.05) is 13.1 Å². The van der Waals surface area contributed by atoms with E-state index in [4.69, 9.17) is 5.73 Å². The van der Waals surface area contributed by atoms with Gasteiger partial charge < -0.3 is 10.6 Å². The van der Waals surface area contributed by atoms with Crippen molar-refractivity contribution in [3.05, 3.63) is 45.1 Å². The van der Waals surface area contributed by atoms with Gasteiger partial charge >= 0.3 is 5.69 Å². The first-order valence-electron chi connectivity index (χ1n) is 11.2. The number of thioether (sulfide) groups is 1. The molecule has 1 amide bonds. The van der Waals surface area contributed by atoms with E-state index in [-0.39, 0.29) is 35.6 Å². The molecule has 0 aliphatic rings. The molecule has 0 spiro atoms. The molecular formula is C22H28N8O3S. The summed E-state index contributed by atoms with van der Waals surface area (Å²) in [6, 6.07) is 7.66. The van der Waals surface area contributed by atoms with E-state index in [1.807, 2.05) is 49.4 Å². The summed E-state index contributed by atoms with van der Waals surface area (Å²) >= 11 is 1.23. The van der Waals surface area contributed by atoms with Crippen molar-refractivity contribution in [2.24, 2.45) is 5.92 Å². The number of amides is 1. The van der Waals surface area contributed by atoms with Crippen molar-refractivity contribution in [1.29, 1.82) is 0 Å². The summed E-state index contributed by atoms with van der Waals surface area (Å²) in [5.41, 5.74) is 6.73. The molecule has 0 bridgehead atoms. The molecule has 0 saturated heterocycles. The van der Waals surface area contributed by atoms with Crippen LogP contribution in [0.4, 0.5) is 11.5 Å². The number of carbonyl (C=O) groups excluding carboxylic acids is 1. The molecule has 11 nitrogen and oxygen atoms in total. The Bertz CT molecular complexity index is 1450. The highest BCUT2D eigenvalue weighted by Crippen LogP contribution is 2.25. The molecule has 0 atom stereocenters. The molecule has 1 aromatic carbocycles. The van der Waals surface area contributed by atoms with E-state index in [9.17, 15) is 14.4 Å². The maximum Gasteiger partial charge on any atom is 0.330 e. The number of nitrogens with one attached hydrogen (secondary N) is 2. The number of rotatable bonds is 9. The number of anilines is 2. The number of aromatic nitrogens is 6. The highest BCUT2D eigenvalue weighted by atomic mass is 32.2. The summed E-state index contributed by atoms with van der Waals surface area (Å²) in [7, 11) is 0. The van der Waals surface area contributed by atoms with Crippen molar-refractivity contribution in [3.63, 3.8) is 0 Å². The summed E-state index contributed by atoms with van der Waals surface area (Å²) < 4.78 is 3.18. The molecule has 4 N–H and O–H groups in total. The maximum absolute atomic E-state index is 13.4. The lowest BCUT2D eigenvalue weighted by molar-refractivity contribution is -0.116. The SMILES string of the molecule is CCCCn1c(N)c(N(CC(C)C)C(=O)CSc2n[nH]c3nc4ccccc4n23)c(=O)[nH]c1=O. The minimum Gasteiger partial charge on any atom is -0.383 e. The second-order valence-electron chi connectivity index (χ2n) is 8.45. The van der Waals surface area contributed by atoms with Gasteiger partial charge in [-0.15, -0.1) is 5.10 Å². The number of H-pyrrole nitrogens is 2. The van der Waals surface area contributed by atoms with Gasteiger partial charge in [0.2, 0.25) is 11.7 Å². The normalized spacial score (nSPS) is 11.6. The van der Waals surface area contributed by atoms with Crippen LogP contribution in [0, 0.1) is 5.92 Å². The Morgan fingerprint density at radius 1 is 1.26 bits per heavy atom. The molecule has 0 saturated carbocycles. The van der Waals surface area contributed by atoms with E-state index in [1.165, 1.54) is 21.2 Å². The summed E-state index contributed by atoms with van der Waals surface area (Å²) in [6.07, 6.45) is 1.57. The zero-order valence-electron chi connectivity index (χ0n) is 19.4. The third-order valence-corrected chi connectivity index (χ3v) is 6.32. The number of nitrogen functional groups attached to an aromatic ring is 1. The number of nitrogens with two attached hydrogens (primary N) is 1. The molecule has 3 aromatic heterocycles. The van der Waals surface area contributed by atoms with Crippen molar-refractivity contribution in [2.75, 3.05) is 22.9 Å². The fraction of sp³-hybridized carbons (Fsp3) is 0.409. The Morgan fingerprint density at radius 2 is 2.03 bits per heavy atom. The number of fused-ring (bicyclic) bond motifs is 3. The first-order valence-corrected chi connectivity index (χ1v) is 12.2. The van der Waals surface area contributed by atoms with Gasteiger partial charge in [0.15, 0.2) is 10.8 Å². The van der Waals surface area contributed by atoms with Crippen molar-refractivity contribution in [3.8, 4) is 0 Å². The van der Waals surface area contributed by atoms with Crippen LogP contribution in [0.2, 0.25) is 0 Å². The predicted octanol–water partition coefficient (Wildman–Crippen LogP) is 2.22. The van der Waals surface area contributed by atoms with E-state index in [1.54, 1.807) is 0 Å². The number of imidazole rings is 1. The molecule has 12 heteroatoms. The minimum absolute atomic E-state index is 0.00367. The standard InChI is InChI=1S/C22H28N8O3S/c1-4-5-10-28-18(23)17(19(32)25-21(28)33)29(11-13(2)3)16(31)12-34-22-27-26-20-24-14-8-6-7-9-15(14)30(20)22/h6-9,13H,4-5,10-12,23H2,1-3H3,(H,24,26)(H,25,32,33). The van der Waals surface area contributed by atoms with Gasteiger partial charge in [-0.1, -0.05) is 51.1 Å². The van der Waals surface area contributed by atoms with Crippen LogP contribution in [0.25, 0.3) is 16.8 Å². The van der Waals surface area contributed by atoms with Gasteiger partial charge in [0.05, 0.1) is 16.8 Å². The molecular weight excluding hydrogens is 456 g/mol. The molecule has 0 radical (unpaired) electrons. The van der Waals surface area contributed by atoms with Crippen molar-refractivity contribution < 1.29 is 4.79 Å². The van der Waals surface area contributed by atoms with E-state index in [2.05, 4.69) is 20.2 Å². The van der Waals surface area contributed by atoms with E-state index < -0.39 is 11.2 Å². The number of hydrogen-bond acceptors (Lipinski definition) is 7. The van der Waals surface area contributed by atoms with E-state index in [0.29, 0.717) is 17.5 Å². The van der Waals surface area contributed by atoms with Gasteiger partial charge in [-0.25, -0.2) is 14.9 Å². The van der Waals surface area contributed by atoms with Crippen LogP contribution in [-0.4, -0.2) is 47.3 Å². The number of benzene rings is 1. The number of hydrogen-bond donors (Lipinski definition) is 3. The predicted molar refractivity (Wildman–Crippen MR) is 133 cm³/mol. The maximum atomic E-state index is 13.4. The van der Waals surface area contributed by atoms with Gasteiger partial charge in [0.1, 0.15) is 5.82 Å². The molecule has 34 heavy (non-hydrogen) atoms. The Morgan fingerprint density at radius 3 is 2.76 bits per heavy atom. The average molecular weight is 485 g/mol. The van der Waals surface area contributed by atoms with E-state index >= 15 is 0 Å². The third-order valence-electron chi connectivity index (χ3n) is 5.40. The Labute approximate surface area is 199 Å². The van der Waals surface area contributed by atoms with Crippen molar-refractivity contribution in [2.45, 2.75) is 45.3 Å². The van der Waals surface area contributed by atoms with E-state index in [0.717, 1.165) is 23.9 Å². The molecule has 0 fully saturated rings. The molecule has 4 rings (SSSR count).